The molecular weight excluding hydrogens is 327 g/mol. The second-order valence-electron chi connectivity index (χ2n) is 5.04. The minimum Gasteiger partial charge on any atom is -0.423 e. The lowest BCUT2D eigenvalue weighted by Crippen LogP contribution is -2.35. The number of halogens is 5. The normalized spacial score (nSPS) is 11.6. The van der Waals surface area contributed by atoms with Crippen molar-refractivity contribution < 1.29 is 31.2 Å². The van der Waals surface area contributed by atoms with Crippen molar-refractivity contribution in [1.82, 2.24) is 5.32 Å². The molecule has 0 bridgehead atoms. The summed E-state index contributed by atoms with van der Waals surface area (Å²) in [6.07, 6.45) is 0.404. The van der Waals surface area contributed by atoms with Gasteiger partial charge in [0, 0.05) is 6.54 Å². The summed E-state index contributed by atoms with van der Waals surface area (Å²) in [5.74, 6) is -10.7. The van der Waals surface area contributed by atoms with Crippen molar-refractivity contribution in [3.05, 3.63) is 29.1 Å². The first-order valence-electron chi connectivity index (χ1n) is 6.22. The van der Waals surface area contributed by atoms with Gasteiger partial charge in [0.25, 0.3) is 0 Å². The van der Waals surface area contributed by atoms with Gasteiger partial charge in [0.05, 0.1) is 5.60 Å². The van der Waals surface area contributed by atoms with Crippen LogP contribution in [-0.4, -0.2) is 28.7 Å². The number of carbonyl (C=O) groups excluding carboxylic acids is 1. The van der Waals surface area contributed by atoms with Crippen molar-refractivity contribution in [2.24, 2.45) is 0 Å². The molecule has 10 heteroatoms. The fourth-order valence-electron chi connectivity index (χ4n) is 1.45. The molecule has 2 N–H and O–H groups in total. The van der Waals surface area contributed by atoms with E-state index in [1.54, 1.807) is 19.2 Å². The summed E-state index contributed by atoms with van der Waals surface area (Å²) in [5.41, 5.74) is -1.88. The highest BCUT2D eigenvalue weighted by molar-refractivity contribution is 5.98. The number of benzene rings is 1. The molecule has 0 unspecified atom stereocenters. The smallest absolute Gasteiger partial charge is 0.319 e. The first kappa shape index (κ1) is 18.4. The third-order valence-electron chi connectivity index (χ3n) is 3.01. The fraction of sp³-hybridized carbons (Fsp3) is 0.417. The largest absolute Gasteiger partial charge is 0.423 e. The van der Waals surface area contributed by atoms with Gasteiger partial charge in [-0.2, -0.15) is 0 Å². The zero-order valence-corrected chi connectivity index (χ0v) is 14.1. The Kier molecular flexibility index (Phi) is 5.89. The SMILES string of the molecule is CC(C)(CCNC(=O)Nc1c(F)c(F)c(F)c(F)c1F)O[SiH3]. The molecule has 0 heterocycles. The van der Waals surface area contributed by atoms with E-state index in [0.717, 1.165) is 0 Å². The van der Waals surface area contributed by atoms with E-state index in [1.165, 1.54) is 0 Å². The van der Waals surface area contributed by atoms with E-state index < -0.39 is 46.4 Å². The molecule has 0 radical (unpaired) electrons. The van der Waals surface area contributed by atoms with Crippen molar-refractivity contribution in [3.63, 3.8) is 0 Å². The standard InChI is InChI=1S/C12H15F5N2O2Si/c1-12(2,21-22)3-4-18-11(20)19-10-8(16)6(14)5(13)7(15)9(10)17/h3-4H2,1-2,22H3,(H2,18,19,20). The molecule has 0 fully saturated rings. The van der Waals surface area contributed by atoms with Crippen LogP contribution in [0.3, 0.4) is 0 Å². The van der Waals surface area contributed by atoms with E-state index in [9.17, 15) is 26.7 Å². The summed E-state index contributed by atoms with van der Waals surface area (Å²) in [5, 5.41) is 3.86. The maximum absolute atomic E-state index is 13.4. The van der Waals surface area contributed by atoms with Crippen molar-refractivity contribution in [3.8, 4) is 0 Å². The van der Waals surface area contributed by atoms with Crippen LogP contribution in [0.5, 0.6) is 0 Å². The third kappa shape index (κ3) is 4.16. The predicted molar refractivity (Wildman–Crippen MR) is 73.0 cm³/mol. The first-order chi connectivity index (χ1) is 10.1. The average Bonchev–Trinajstić information content (AvgIpc) is 2.47. The topological polar surface area (TPSA) is 50.4 Å². The first-order valence-corrected chi connectivity index (χ1v) is 7.04. The lowest BCUT2D eigenvalue weighted by Gasteiger charge is -2.23. The Morgan fingerprint density at radius 2 is 1.50 bits per heavy atom. The number of rotatable bonds is 5. The molecule has 0 aromatic heterocycles. The van der Waals surface area contributed by atoms with Gasteiger partial charge in [0.2, 0.25) is 5.82 Å². The van der Waals surface area contributed by atoms with Gasteiger partial charge in [-0.15, -0.1) is 0 Å². The molecular formula is C12H15F5N2O2Si. The van der Waals surface area contributed by atoms with Gasteiger partial charge < -0.3 is 15.1 Å². The maximum atomic E-state index is 13.4. The Balaban J connectivity index is 2.78. The number of hydrogen-bond donors (Lipinski definition) is 2. The maximum Gasteiger partial charge on any atom is 0.319 e. The molecule has 0 aliphatic carbocycles. The minimum absolute atomic E-state index is 0.0937. The fourth-order valence-corrected chi connectivity index (χ4v) is 1.66. The zero-order chi connectivity index (χ0) is 17.1. The number of nitrogens with one attached hydrogen (secondary N) is 2. The second kappa shape index (κ2) is 7.05. The minimum atomic E-state index is -2.29. The van der Waals surface area contributed by atoms with Crippen LogP contribution >= 0.6 is 0 Å². The Bertz CT molecular complexity index is 554. The number of carbonyl (C=O) groups is 1. The monoisotopic (exact) mass is 342 g/mol. The van der Waals surface area contributed by atoms with Crippen molar-refractivity contribution in [1.29, 1.82) is 0 Å². The van der Waals surface area contributed by atoms with Crippen LogP contribution in [-0.2, 0) is 4.43 Å². The highest BCUT2D eigenvalue weighted by Crippen LogP contribution is 2.26. The van der Waals surface area contributed by atoms with Crippen molar-refractivity contribution >= 4 is 22.2 Å². The summed E-state index contributed by atoms with van der Waals surface area (Å²) in [4.78, 5) is 11.5. The molecule has 2 amide bonds. The molecule has 124 valence electrons. The van der Waals surface area contributed by atoms with Gasteiger partial charge in [-0.1, -0.05) is 0 Å². The van der Waals surface area contributed by atoms with Crippen LogP contribution in [0.4, 0.5) is 32.4 Å². The summed E-state index contributed by atoms with van der Waals surface area (Å²) in [6.45, 7) is 3.66. The molecule has 0 aliphatic heterocycles. The Hall–Kier alpha value is -1.68. The number of hydrogen-bond acceptors (Lipinski definition) is 2. The Morgan fingerprint density at radius 1 is 1.05 bits per heavy atom. The number of urea groups is 1. The number of anilines is 1. The summed E-state index contributed by atoms with van der Waals surface area (Å²) >= 11 is 0. The van der Waals surface area contributed by atoms with Gasteiger partial charge in [-0.25, -0.2) is 26.7 Å². The predicted octanol–water partition coefficient (Wildman–Crippen LogP) is 1.97. The molecule has 0 atom stereocenters. The van der Waals surface area contributed by atoms with Gasteiger partial charge in [0.15, 0.2) is 23.3 Å². The van der Waals surface area contributed by atoms with Gasteiger partial charge in [-0.05, 0) is 20.3 Å². The third-order valence-corrected chi connectivity index (χ3v) is 4.12. The van der Waals surface area contributed by atoms with Crippen LogP contribution in [0.1, 0.15) is 20.3 Å². The quantitative estimate of drug-likeness (QED) is 0.372. The average molecular weight is 342 g/mol. The van der Waals surface area contributed by atoms with Gasteiger partial charge in [-0.3, -0.25) is 0 Å². The summed E-state index contributed by atoms with van der Waals surface area (Å²) < 4.78 is 70.7. The second-order valence-corrected chi connectivity index (χ2v) is 5.45. The number of amides is 2. The van der Waals surface area contributed by atoms with E-state index in [0.29, 0.717) is 16.9 Å². The van der Waals surface area contributed by atoms with Crippen molar-refractivity contribution in [2.45, 2.75) is 25.9 Å². The van der Waals surface area contributed by atoms with Gasteiger partial charge in [0.1, 0.15) is 16.2 Å². The van der Waals surface area contributed by atoms with Crippen LogP contribution in [0.25, 0.3) is 0 Å². The molecule has 0 aliphatic rings. The van der Waals surface area contributed by atoms with Crippen LogP contribution in [0, 0.1) is 29.1 Å². The van der Waals surface area contributed by atoms with Crippen LogP contribution in [0.2, 0.25) is 0 Å². The van der Waals surface area contributed by atoms with Crippen LogP contribution in [0.15, 0.2) is 0 Å². The molecule has 0 saturated carbocycles. The van der Waals surface area contributed by atoms with Crippen molar-refractivity contribution in [2.75, 3.05) is 11.9 Å². The van der Waals surface area contributed by atoms with E-state index in [1.807, 2.05) is 0 Å². The van der Waals surface area contributed by atoms with Crippen LogP contribution < -0.4 is 10.6 Å². The molecule has 0 saturated heterocycles. The zero-order valence-electron chi connectivity index (χ0n) is 12.1. The Labute approximate surface area is 126 Å². The lowest BCUT2D eigenvalue weighted by molar-refractivity contribution is 0.114. The molecule has 22 heavy (non-hydrogen) atoms. The van der Waals surface area contributed by atoms with E-state index in [-0.39, 0.29) is 6.54 Å². The molecule has 1 aromatic rings. The highest BCUT2D eigenvalue weighted by Gasteiger charge is 2.26. The van der Waals surface area contributed by atoms with E-state index in [2.05, 4.69) is 5.32 Å². The lowest BCUT2D eigenvalue weighted by atomic mass is 10.1. The summed E-state index contributed by atoms with van der Waals surface area (Å²) in [6, 6.07) is -1.09. The molecule has 1 aromatic carbocycles. The highest BCUT2D eigenvalue weighted by atomic mass is 28.2. The van der Waals surface area contributed by atoms with Gasteiger partial charge >= 0.3 is 6.03 Å². The molecule has 1 rings (SSSR count). The Morgan fingerprint density at radius 3 is 1.95 bits per heavy atom. The van der Waals surface area contributed by atoms with E-state index >= 15 is 0 Å². The molecule has 0 spiro atoms. The van der Waals surface area contributed by atoms with E-state index in [4.69, 9.17) is 4.43 Å². The molecule has 4 nitrogen and oxygen atoms in total. The summed E-state index contributed by atoms with van der Waals surface area (Å²) in [7, 11) is 0.489.